The van der Waals surface area contributed by atoms with E-state index in [0.717, 1.165) is 17.9 Å². The molecule has 0 heterocycles. The van der Waals surface area contributed by atoms with Gasteiger partial charge in [0.1, 0.15) is 0 Å². The Morgan fingerprint density at radius 2 is 1.41 bits per heavy atom. The topological polar surface area (TPSA) is 20.2 Å². The van der Waals surface area contributed by atoms with Crippen molar-refractivity contribution in [3.8, 4) is 0 Å². The van der Waals surface area contributed by atoms with Gasteiger partial charge in [-0.2, -0.15) is 0 Å². The molecule has 1 nitrogen and oxygen atoms in total. The Morgan fingerprint density at radius 3 is 2.14 bits per heavy atom. The highest BCUT2D eigenvalue weighted by atomic mass is 16.3. The maximum absolute atomic E-state index is 11.4. The van der Waals surface area contributed by atoms with Crippen molar-refractivity contribution >= 4 is 27.6 Å². The van der Waals surface area contributed by atoms with Crippen LogP contribution in [0.2, 0.25) is 0 Å². The molecule has 2 aliphatic rings. The lowest BCUT2D eigenvalue weighted by Crippen LogP contribution is -2.15. The van der Waals surface area contributed by atoms with Crippen LogP contribution in [-0.2, 0) is 0 Å². The summed E-state index contributed by atoms with van der Waals surface area (Å²) in [6, 6.07) is 17.1. The van der Waals surface area contributed by atoms with Crippen LogP contribution in [0.4, 0.5) is 0 Å². The van der Waals surface area contributed by atoms with Gasteiger partial charge in [0, 0.05) is 5.92 Å². The maximum Gasteiger partial charge on any atom is 0.0867 e. The van der Waals surface area contributed by atoms with Gasteiger partial charge in [0.2, 0.25) is 0 Å². The van der Waals surface area contributed by atoms with Gasteiger partial charge in [0.15, 0.2) is 0 Å². The highest BCUT2D eigenvalue weighted by Gasteiger charge is 2.27. The van der Waals surface area contributed by atoms with Crippen molar-refractivity contribution in [2.45, 2.75) is 51.0 Å². The Hall–Kier alpha value is -2.38. The van der Waals surface area contributed by atoms with E-state index in [2.05, 4.69) is 72.8 Å². The van der Waals surface area contributed by atoms with Crippen LogP contribution in [0, 0.1) is 11.8 Å². The lowest BCUT2D eigenvalue weighted by Gasteiger charge is -2.28. The zero-order chi connectivity index (χ0) is 19.6. The van der Waals surface area contributed by atoms with Crippen LogP contribution in [0.3, 0.4) is 0 Å². The zero-order valence-corrected chi connectivity index (χ0v) is 17.1. The third-order valence-electron chi connectivity index (χ3n) is 6.94. The van der Waals surface area contributed by atoms with Gasteiger partial charge in [-0.25, -0.2) is 0 Å². The highest BCUT2D eigenvalue weighted by molar-refractivity contribution is 6.13. The Kier molecular flexibility index (Phi) is 5.24. The summed E-state index contributed by atoms with van der Waals surface area (Å²) in [7, 11) is 0. The first-order valence-corrected chi connectivity index (χ1v) is 11.3. The second-order valence-electron chi connectivity index (χ2n) is 8.80. The monoisotopic (exact) mass is 382 g/mol. The molecule has 5 rings (SSSR count). The summed E-state index contributed by atoms with van der Waals surface area (Å²) in [6.45, 7) is 0. The first-order chi connectivity index (χ1) is 14.3. The van der Waals surface area contributed by atoms with Gasteiger partial charge < -0.3 is 5.11 Å². The lowest BCUT2D eigenvalue weighted by atomic mass is 9.79. The highest BCUT2D eigenvalue weighted by Crippen LogP contribution is 2.43. The van der Waals surface area contributed by atoms with E-state index in [0.29, 0.717) is 0 Å². The Labute approximate surface area is 173 Å². The predicted molar refractivity (Wildman–Crippen MR) is 124 cm³/mol. The molecule has 0 aliphatic heterocycles. The third-order valence-corrected chi connectivity index (χ3v) is 6.94. The average Bonchev–Trinajstić information content (AvgIpc) is 3.04. The van der Waals surface area contributed by atoms with Gasteiger partial charge in [-0.15, -0.1) is 0 Å². The summed E-state index contributed by atoms with van der Waals surface area (Å²) < 4.78 is 0. The minimum Gasteiger partial charge on any atom is -0.388 e. The number of aliphatic hydroxyl groups is 1. The van der Waals surface area contributed by atoms with Crippen LogP contribution < -0.4 is 0 Å². The molecule has 2 atom stereocenters. The number of fused-ring (bicyclic) bond motifs is 6. The Balaban J connectivity index is 1.48. The lowest BCUT2D eigenvalue weighted by molar-refractivity contribution is 0.132. The maximum atomic E-state index is 11.4. The molecule has 0 radical (unpaired) electrons. The minimum atomic E-state index is -0.455. The molecule has 0 unspecified atom stereocenters. The van der Waals surface area contributed by atoms with Gasteiger partial charge in [-0.05, 0) is 57.9 Å². The molecule has 1 heteroatoms. The quantitative estimate of drug-likeness (QED) is 0.281. The number of hydrogen-bond donors (Lipinski definition) is 1. The Bertz CT molecular complexity index is 1070. The molecule has 3 aromatic carbocycles. The largest absolute Gasteiger partial charge is 0.388 e. The van der Waals surface area contributed by atoms with Crippen molar-refractivity contribution in [1.29, 1.82) is 0 Å². The molecule has 2 aliphatic carbocycles. The molecule has 148 valence electrons. The first kappa shape index (κ1) is 18.6. The van der Waals surface area contributed by atoms with E-state index in [1.165, 1.54) is 65.6 Å². The van der Waals surface area contributed by atoms with E-state index in [4.69, 9.17) is 0 Å². The molecule has 0 saturated heterocycles. The third kappa shape index (κ3) is 3.53. The zero-order valence-electron chi connectivity index (χ0n) is 17.1. The fourth-order valence-corrected chi connectivity index (χ4v) is 5.37. The van der Waals surface area contributed by atoms with Crippen molar-refractivity contribution in [3.63, 3.8) is 0 Å². The van der Waals surface area contributed by atoms with Crippen LogP contribution in [-0.4, -0.2) is 5.11 Å². The molecular weight excluding hydrogens is 352 g/mol. The van der Waals surface area contributed by atoms with E-state index in [1.54, 1.807) is 0 Å². The van der Waals surface area contributed by atoms with Crippen LogP contribution in [0.15, 0.2) is 66.8 Å². The number of allylic oxidation sites excluding steroid dienone is 2. The fraction of sp³-hybridized carbons (Fsp3) is 0.357. The number of rotatable bonds is 3. The van der Waals surface area contributed by atoms with Gasteiger partial charge in [0.05, 0.1) is 6.10 Å². The predicted octanol–water partition coefficient (Wildman–Crippen LogP) is 7.59. The summed E-state index contributed by atoms with van der Waals surface area (Å²) in [5.74, 6) is 0.883. The molecule has 29 heavy (non-hydrogen) atoms. The van der Waals surface area contributed by atoms with E-state index in [-0.39, 0.29) is 5.92 Å². The molecule has 0 aromatic heterocycles. The summed E-state index contributed by atoms with van der Waals surface area (Å²) >= 11 is 0. The summed E-state index contributed by atoms with van der Waals surface area (Å²) in [6.07, 6.45) is 17.9. The normalized spacial score (nSPS) is 22.9. The molecule has 0 amide bonds. The van der Waals surface area contributed by atoms with E-state index < -0.39 is 6.10 Å². The van der Waals surface area contributed by atoms with Crippen LogP contribution in [0.5, 0.6) is 0 Å². The van der Waals surface area contributed by atoms with Crippen molar-refractivity contribution in [2.75, 3.05) is 0 Å². The van der Waals surface area contributed by atoms with Crippen molar-refractivity contribution in [3.05, 3.63) is 77.9 Å². The average molecular weight is 383 g/mol. The molecular formula is C28H30O. The van der Waals surface area contributed by atoms with E-state index in [9.17, 15) is 5.11 Å². The molecule has 0 spiro atoms. The van der Waals surface area contributed by atoms with Gasteiger partial charge >= 0.3 is 0 Å². The SMILES string of the molecule is O[C@@H]1c2c(c3ccccc3c3ccccc23)C=C[C@@H]1C/C=C/C1CCCCCC1. The molecule has 1 N–H and O–H groups in total. The van der Waals surface area contributed by atoms with Crippen molar-refractivity contribution in [1.82, 2.24) is 0 Å². The van der Waals surface area contributed by atoms with Crippen molar-refractivity contribution in [2.24, 2.45) is 11.8 Å². The summed E-state index contributed by atoms with van der Waals surface area (Å²) in [5, 5.41) is 16.3. The summed E-state index contributed by atoms with van der Waals surface area (Å²) in [5.41, 5.74) is 2.30. The molecule has 1 fully saturated rings. The van der Waals surface area contributed by atoms with Crippen LogP contribution in [0.1, 0.15) is 62.2 Å². The molecule has 0 bridgehead atoms. The number of benzene rings is 3. The fourth-order valence-electron chi connectivity index (χ4n) is 5.37. The summed E-state index contributed by atoms with van der Waals surface area (Å²) in [4.78, 5) is 0. The van der Waals surface area contributed by atoms with Gasteiger partial charge in [-0.3, -0.25) is 0 Å². The van der Waals surface area contributed by atoms with Gasteiger partial charge in [-0.1, -0.05) is 98.5 Å². The Morgan fingerprint density at radius 1 is 0.793 bits per heavy atom. The standard InChI is InChI=1S/C28H30O/c29-28-21(13-9-12-20-10-3-1-2-4-11-20)18-19-26-24-16-6-5-14-22(24)23-15-7-8-17-25(23)27(26)28/h5-9,12,14-21,28-29H,1-4,10-11,13H2/b12-9+/t21-,28-/m0/s1. The molecule has 1 saturated carbocycles. The second kappa shape index (κ2) is 8.16. The van der Waals surface area contributed by atoms with Crippen LogP contribution in [0.25, 0.3) is 27.6 Å². The second-order valence-corrected chi connectivity index (χ2v) is 8.80. The van der Waals surface area contributed by atoms with Gasteiger partial charge in [0.25, 0.3) is 0 Å². The number of aliphatic hydroxyl groups excluding tert-OH is 1. The van der Waals surface area contributed by atoms with Crippen LogP contribution >= 0.6 is 0 Å². The van der Waals surface area contributed by atoms with Crippen molar-refractivity contribution < 1.29 is 5.11 Å². The number of hydrogen-bond acceptors (Lipinski definition) is 1. The minimum absolute atomic E-state index is 0.147. The molecule has 3 aromatic rings. The first-order valence-electron chi connectivity index (χ1n) is 11.3. The smallest absolute Gasteiger partial charge is 0.0867 e. The van der Waals surface area contributed by atoms with E-state index >= 15 is 0 Å². The van der Waals surface area contributed by atoms with E-state index in [1.807, 2.05) is 0 Å².